The Morgan fingerprint density at radius 2 is 1.54 bits per heavy atom. The van der Waals surface area contributed by atoms with Crippen molar-refractivity contribution in [2.24, 2.45) is 0 Å². The molecule has 0 aliphatic carbocycles. The summed E-state index contributed by atoms with van der Waals surface area (Å²) in [6, 6.07) is 10.1. The minimum absolute atomic E-state index is 0. The monoisotopic (exact) mass is 397 g/mol. The minimum Gasteiger partial charge on any atom is -0.493 e. The number of halogens is 1. The van der Waals surface area contributed by atoms with Crippen LogP contribution < -0.4 is 30.6 Å². The lowest BCUT2D eigenvalue weighted by atomic mass is 10.1. The van der Waals surface area contributed by atoms with E-state index in [-0.39, 0.29) is 17.5 Å². The zero-order chi connectivity index (χ0) is 18.4. The Hall–Kier alpha value is -2.71. The molecule has 0 saturated heterocycles. The summed E-state index contributed by atoms with van der Waals surface area (Å²) in [5.74, 6) is 0.755. The Morgan fingerprint density at radius 3 is 2.00 bits per heavy atom. The molecule has 0 unspecified atom stereocenters. The van der Waals surface area contributed by atoms with E-state index in [1.807, 2.05) is 0 Å². The number of hydrogen-bond donors (Lipinski definition) is 3. The molecule has 7 nitrogen and oxygen atoms in total. The molecule has 26 heavy (non-hydrogen) atoms. The summed E-state index contributed by atoms with van der Waals surface area (Å²) in [4.78, 5) is 12.4. The highest BCUT2D eigenvalue weighted by Gasteiger charge is 2.17. The largest absolute Gasteiger partial charge is 0.493 e. The summed E-state index contributed by atoms with van der Waals surface area (Å²) >= 11 is 5.15. The van der Waals surface area contributed by atoms with E-state index in [0.29, 0.717) is 34.2 Å². The Labute approximate surface area is 163 Å². The Kier molecular flexibility index (Phi) is 7.95. The van der Waals surface area contributed by atoms with Crippen LogP contribution in [0.4, 0.5) is 11.4 Å². The second kappa shape index (κ2) is 9.69. The lowest BCUT2D eigenvalue weighted by molar-refractivity contribution is 0.0977. The van der Waals surface area contributed by atoms with Gasteiger partial charge >= 0.3 is 0 Å². The predicted octanol–water partition coefficient (Wildman–Crippen LogP) is 2.84. The number of rotatable bonds is 5. The molecule has 0 atom stereocenters. The first-order chi connectivity index (χ1) is 12.0. The van der Waals surface area contributed by atoms with Gasteiger partial charge in [0.25, 0.3) is 5.91 Å². The summed E-state index contributed by atoms with van der Waals surface area (Å²) in [6.07, 6.45) is 0. The summed E-state index contributed by atoms with van der Waals surface area (Å²) in [5, 5.41) is 5.66. The van der Waals surface area contributed by atoms with Gasteiger partial charge in [-0.25, -0.2) is 0 Å². The molecule has 0 aliphatic rings. The summed E-state index contributed by atoms with van der Waals surface area (Å²) in [5.41, 5.74) is 7.29. The molecular weight excluding hydrogens is 378 g/mol. The van der Waals surface area contributed by atoms with Crippen LogP contribution in [0.3, 0.4) is 0 Å². The molecule has 1 amide bonds. The van der Waals surface area contributed by atoms with E-state index < -0.39 is 5.91 Å². The number of hydrogen-bond acceptors (Lipinski definition) is 6. The third kappa shape index (κ3) is 5.14. The van der Waals surface area contributed by atoms with Crippen molar-refractivity contribution in [2.45, 2.75) is 0 Å². The first-order valence-electron chi connectivity index (χ1n) is 7.26. The van der Waals surface area contributed by atoms with Gasteiger partial charge in [0.05, 0.1) is 21.3 Å². The van der Waals surface area contributed by atoms with Crippen molar-refractivity contribution in [3.05, 3.63) is 42.0 Å². The van der Waals surface area contributed by atoms with Crippen molar-refractivity contribution < 1.29 is 19.0 Å². The maximum Gasteiger partial charge on any atom is 0.257 e. The van der Waals surface area contributed by atoms with Crippen LogP contribution in [-0.2, 0) is 0 Å². The molecule has 0 aromatic heterocycles. The number of nitrogens with two attached hydrogens (primary N) is 1. The van der Waals surface area contributed by atoms with Crippen LogP contribution in [0.2, 0.25) is 0 Å². The fraction of sp³-hybridized carbons (Fsp3) is 0.176. The maximum absolute atomic E-state index is 12.4. The molecule has 0 spiro atoms. The molecule has 0 radical (unpaired) electrons. The van der Waals surface area contributed by atoms with E-state index >= 15 is 0 Å². The van der Waals surface area contributed by atoms with Crippen LogP contribution in [0.25, 0.3) is 0 Å². The predicted molar refractivity (Wildman–Crippen MR) is 108 cm³/mol. The molecule has 2 aromatic carbocycles. The van der Waals surface area contributed by atoms with E-state index in [1.54, 1.807) is 36.4 Å². The first-order valence-corrected chi connectivity index (χ1v) is 7.67. The number of nitrogens with one attached hydrogen (secondary N) is 2. The number of anilines is 2. The van der Waals surface area contributed by atoms with Gasteiger partial charge in [-0.1, -0.05) is 0 Å². The van der Waals surface area contributed by atoms with E-state index in [2.05, 4.69) is 10.6 Å². The van der Waals surface area contributed by atoms with Gasteiger partial charge in [-0.15, -0.1) is 12.4 Å². The normalized spacial score (nSPS) is 9.50. The number of methoxy groups -OCH3 is 3. The smallest absolute Gasteiger partial charge is 0.257 e. The zero-order valence-corrected chi connectivity index (χ0v) is 16.1. The van der Waals surface area contributed by atoms with Crippen molar-refractivity contribution in [1.82, 2.24) is 5.32 Å². The highest BCUT2D eigenvalue weighted by molar-refractivity contribution is 7.80. The molecule has 0 aliphatic heterocycles. The van der Waals surface area contributed by atoms with Gasteiger partial charge < -0.3 is 25.3 Å². The second-order valence-corrected chi connectivity index (χ2v) is 5.35. The molecule has 140 valence electrons. The van der Waals surface area contributed by atoms with Gasteiger partial charge in [0, 0.05) is 16.9 Å². The topological polar surface area (TPSA) is 94.8 Å². The molecule has 0 fully saturated rings. The van der Waals surface area contributed by atoms with E-state index in [0.717, 1.165) is 0 Å². The van der Waals surface area contributed by atoms with Crippen LogP contribution >= 0.6 is 24.6 Å². The standard InChI is InChI=1S/C17H19N3O4S.ClH/c1-22-13-8-10(9-14(23-2)15(13)24-3)16(21)20-17(25)19-12-6-4-11(18)5-7-12;/h4-9H,18H2,1-3H3,(H2,19,20,21,25);1H. The lowest BCUT2D eigenvalue weighted by Crippen LogP contribution is -2.34. The third-order valence-electron chi connectivity index (χ3n) is 3.32. The minimum atomic E-state index is -0.410. The van der Waals surface area contributed by atoms with Crippen molar-refractivity contribution in [3.8, 4) is 17.2 Å². The van der Waals surface area contributed by atoms with Crippen molar-refractivity contribution >= 4 is 47.0 Å². The SMILES string of the molecule is COc1cc(C(=O)NC(=S)Nc2ccc(N)cc2)cc(OC)c1OC.Cl. The Bertz CT molecular complexity index is 759. The van der Waals surface area contributed by atoms with Gasteiger partial charge in [-0.05, 0) is 48.6 Å². The lowest BCUT2D eigenvalue weighted by Gasteiger charge is -2.14. The molecule has 2 rings (SSSR count). The van der Waals surface area contributed by atoms with Crippen LogP contribution in [0.15, 0.2) is 36.4 Å². The summed E-state index contributed by atoms with van der Waals surface area (Å²) in [6.45, 7) is 0. The highest BCUT2D eigenvalue weighted by atomic mass is 35.5. The molecule has 0 bridgehead atoms. The van der Waals surface area contributed by atoms with Gasteiger partial charge in [-0.2, -0.15) is 0 Å². The summed E-state index contributed by atoms with van der Waals surface area (Å²) < 4.78 is 15.7. The van der Waals surface area contributed by atoms with E-state index in [1.165, 1.54) is 21.3 Å². The van der Waals surface area contributed by atoms with Crippen molar-refractivity contribution in [1.29, 1.82) is 0 Å². The molecular formula is C17H20ClN3O4S. The maximum atomic E-state index is 12.4. The van der Waals surface area contributed by atoms with E-state index in [4.69, 9.17) is 32.2 Å². The van der Waals surface area contributed by atoms with Gasteiger partial charge in [0.1, 0.15) is 0 Å². The Morgan fingerprint density at radius 1 is 1.00 bits per heavy atom. The number of amides is 1. The third-order valence-corrected chi connectivity index (χ3v) is 3.53. The van der Waals surface area contributed by atoms with Gasteiger partial charge in [0.15, 0.2) is 16.6 Å². The molecule has 0 heterocycles. The molecule has 2 aromatic rings. The molecule has 9 heteroatoms. The number of thiocarbonyl (C=S) groups is 1. The average molecular weight is 398 g/mol. The second-order valence-electron chi connectivity index (χ2n) is 4.94. The van der Waals surface area contributed by atoms with Crippen molar-refractivity contribution in [2.75, 3.05) is 32.4 Å². The fourth-order valence-electron chi connectivity index (χ4n) is 2.12. The van der Waals surface area contributed by atoms with Gasteiger partial charge in [0.2, 0.25) is 5.75 Å². The zero-order valence-electron chi connectivity index (χ0n) is 14.5. The van der Waals surface area contributed by atoms with Gasteiger partial charge in [-0.3, -0.25) is 10.1 Å². The van der Waals surface area contributed by atoms with Crippen molar-refractivity contribution in [3.63, 3.8) is 0 Å². The van der Waals surface area contributed by atoms with Crippen LogP contribution in [0.1, 0.15) is 10.4 Å². The highest BCUT2D eigenvalue weighted by Crippen LogP contribution is 2.38. The number of carbonyl (C=O) groups is 1. The fourth-order valence-corrected chi connectivity index (χ4v) is 2.33. The number of ether oxygens (including phenoxy) is 3. The molecule has 4 N–H and O–H groups in total. The average Bonchev–Trinajstić information content (AvgIpc) is 2.62. The van der Waals surface area contributed by atoms with Crippen LogP contribution in [0.5, 0.6) is 17.2 Å². The number of benzene rings is 2. The summed E-state index contributed by atoms with van der Waals surface area (Å²) in [7, 11) is 4.45. The van der Waals surface area contributed by atoms with Crippen LogP contribution in [0, 0.1) is 0 Å². The van der Waals surface area contributed by atoms with E-state index in [9.17, 15) is 4.79 Å². The molecule has 0 saturated carbocycles. The quantitative estimate of drug-likeness (QED) is 0.527. The number of nitrogen functional groups attached to an aromatic ring is 1. The van der Waals surface area contributed by atoms with Crippen LogP contribution in [-0.4, -0.2) is 32.3 Å². The number of carbonyl (C=O) groups excluding carboxylic acids is 1. The first kappa shape index (κ1) is 21.3. The Balaban J connectivity index is 0.00000338.